The average Bonchev–Trinajstić information content (AvgIpc) is 3.05. The molecule has 2 atom stereocenters. The van der Waals surface area contributed by atoms with Crippen molar-refractivity contribution in [3.63, 3.8) is 0 Å². The van der Waals surface area contributed by atoms with Crippen LogP contribution in [0.2, 0.25) is 0 Å². The third kappa shape index (κ3) is 3.78. The Morgan fingerprint density at radius 1 is 1.29 bits per heavy atom. The van der Waals surface area contributed by atoms with Crippen molar-refractivity contribution in [3.8, 4) is 0 Å². The van der Waals surface area contributed by atoms with Crippen LogP contribution in [-0.2, 0) is 6.42 Å². The molecular formula is C18H24N2S. The summed E-state index contributed by atoms with van der Waals surface area (Å²) in [5.41, 5.74) is 2.34. The summed E-state index contributed by atoms with van der Waals surface area (Å²) >= 11 is 2.10. The highest BCUT2D eigenvalue weighted by atomic mass is 32.2. The Bertz CT molecular complexity index is 578. The molecule has 0 amide bonds. The third-order valence-corrected chi connectivity index (χ3v) is 5.46. The average molecular weight is 300 g/mol. The first-order valence-corrected chi connectivity index (χ1v) is 9.18. The van der Waals surface area contributed by atoms with E-state index in [2.05, 4.69) is 60.4 Å². The largest absolute Gasteiger partial charge is 0.313 e. The minimum atomic E-state index is 0.577. The van der Waals surface area contributed by atoms with Crippen LogP contribution in [0.3, 0.4) is 0 Å². The lowest BCUT2D eigenvalue weighted by atomic mass is 9.94. The second kappa shape index (κ2) is 7.28. The molecular weight excluding hydrogens is 276 g/mol. The van der Waals surface area contributed by atoms with Crippen LogP contribution in [0.15, 0.2) is 36.4 Å². The van der Waals surface area contributed by atoms with Crippen molar-refractivity contribution < 1.29 is 0 Å². The number of rotatable bonds is 6. The van der Waals surface area contributed by atoms with E-state index < -0.39 is 0 Å². The molecule has 1 aliphatic rings. The molecule has 1 fully saturated rings. The van der Waals surface area contributed by atoms with Gasteiger partial charge in [-0.1, -0.05) is 31.2 Å². The van der Waals surface area contributed by atoms with E-state index in [0.29, 0.717) is 6.04 Å². The van der Waals surface area contributed by atoms with Gasteiger partial charge in [0.1, 0.15) is 0 Å². The molecule has 0 saturated carbocycles. The van der Waals surface area contributed by atoms with Gasteiger partial charge in [0.2, 0.25) is 0 Å². The Morgan fingerprint density at radius 2 is 2.19 bits per heavy atom. The molecule has 112 valence electrons. The van der Waals surface area contributed by atoms with E-state index in [1.807, 2.05) is 0 Å². The molecule has 0 radical (unpaired) electrons. The summed E-state index contributed by atoms with van der Waals surface area (Å²) in [6, 6.07) is 13.4. The number of para-hydroxylation sites is 1. The third-order valence-electron chi connectivity index (χ3n) is 4.28. The molecule has 1 N–H and O–H groups in total. The summed E-state index contributed by atoms with van der Waals surface area (Å²) in [5, 5.41) is 4.99. The van der Waals surface area contributed by atoms with Gasteiger partial charge in [-0.2, -0.15) is 11.8 Å². The standard InChI is InChI=1S/C18H24N2S/c1-2-10-19-18(15-9-11-21-13-15)12-16-8-7-14-5-3-4-6-17(14)20-16/h3-8,15,18-19H,2,9-13H2,1H3. The van der Waals surface area contributed by atoms with Gasteiger partial charge in [0.15, 0.2) is 0 Å². The topological polar surface area (TPSA) is 24.9 Å². The molecule has 3 heteroatoms. The van der Waals surface area contributed by atoms with E-state index in [1.54, 1.807) is 0 Å². The summed E-state index contributed by atoms with van der Waals surface area (Å²) in [4.78, 5) is 4.85. The maximum absolute atomic E-state index is 4.85. The Balaban J connectivity index is 1.75. The van der Waals surface area contributed by atoms with Crippen molar-refractivity contribution in [1.82, 2.24) is 10.3 Å². The lowest BCUT2D eigenvalue weighted by molar-refractivity contribution is 0.378. The van der Waals surface area contributed by atoms with Crippen molar-refractivity contribution in [2.45, 2.75) is 32.2 Å². The smallest absolute Gasteiger partial charge is 0.0705 e. The number of hydrogen-bond acceptors (Lipinski definition) is 3. The minimum Gasteiger partial charge on any atom is -0.313 e. The first-order valence-electron chi connectivity index (χ1n) is 8.02. The van der Waals surface area contributed by atoms with Crippen LogP contribution in [0.4, 0.5) is 0 Å². The van der Waals surface area contributed by atoms with Crippen molar-refractivity contribution in [2.75, 3.05) is 18.1 Å². The molecule has 2 nitrogen and oxygen atoms in total. The molecule has 1 aliphatic heterocycles. The zero-order valence-corrected chi connectivity index (χ0v) is 13.5. The van der Waals surface area contributed by atoms with Crippen molar-refractivity contribution in [2.24, 2.45) is 5.92 Å². The summed E-state index contributed by atoms with van der Waals surface area (Å²) in [6.07, 6.45) is 3.59. The van der Waals surface area contributed by atoms with E-state index >= 15 is 0 Å². The zero-order valence-electron chi connectivity index (χ0n) is 12.7. The van der Waals surface area contributed by atoms with Crippen LogP contribution < -0.4 is 5.32 Å². The molecule has 1 saturated heterocycles. The van der Waals surface area contributed by atoms with Gasteiger partial charge in [0, 0.05) is 23.5 Å². The van der Waals surface area contributed by atoms with Gasteiger partial charge in [-0.25, -0.2) is 0 Å². The highest BCUT2D eigenvalue weighted by Crippen LogP contribution is 2.28. The predicted octanol–water partition coefficient (Wildman–Crippen LogP) is 3.90. The number of aromatic nitrogens is 1. The van der Waals surface area contributed by atoms with E-state index in [4.69, 9.17) is 4.98 Å². The quantitative estimate of drug-likeness (QED) is 0.876. The van der Waals surface area contributed by atoms with Crippen LogP contribution >= 0.6 is 11.8 Å². The maximum atomic E-state index is 4.85. The van der Waals surface area contributed by atoms with Gasteiger partial charge in [-0.15, -0.1) is 0 Å². The van der Waals surface area contributed by atoms with Gasteiger partial charge in [-0.3, -0.25) is 4.98 Å². The second-order valence-corrected chi connectivity index (χ2v) is 7.03. The van der Waals surface area contributed by atoms with Crippen molar-refractivity contribution >= 4 is 22.7 Å². The number of benzene rings is 1. The molecule has 21 heavy (non-hydrogen) atoms. The Kier molecular flexibility index (Phi) is 5.15. The molecule has 2 unspecified atom stereocenters. The normalized spacial score (nSPS) is 20.0. The zero-order chi connectivity index (χ0) is 14.5. The van der Waals surface area contributed by atoms with Crippen molar-refractivity contribution in [1.29, 1.82) is 0 Å². The summed E-state index contributed by atoms with van der Waals surface area (Å²) in [5.74, 6) is 3.42. The molecule has 1 aromatic carbocycles. The minimum absolute atomic E-state index is 0.577. The van der Waals surface area contributed by atoms with E-state index in [0.717, 1.165) is 24.4 Å². The Hall–Kier alpha value is -1.06. The molecule has 0 bridgehead atoms. The highest BCUT2D eigenvalue weighted by molar-refractivity contribution is 7.99. The van der Waals surface area contributed by atoms with Crippen molar-refractivity contribution in [3.05, 3.63) is 42.1 Å². The number of fused-ring (bicyclic) bond motifs is 1. The highest BCUT2D eigenvalue weighted by Gasteiger charge is 2.25. The monoisotopic (exact) mass is 300 g/mol. The summed E-state index contributed by atoms with van der Waals surface area (Å²) < 4.78 is 0. The fourth-order valence-electron chi connectivity index (χ4n) is 3.05. The molecule has 3 rings (SSSR count). The Morgan fingerprint density at radius 3 is 3.00 bits per heavy atom. The number of thioether (sulfide) groups is 1. The SMILES string of the molecule is CCCNC(Cc1ccc2ccccc2n1)C1CCSC1. The maximum Gasteiger partial charge on any atom is 0.0705 e. The molecule has 0 aliphatic carbocycles. The van der Waals surface area contributed by atoms with Gasteiger partial charge in [0.05, 0.1) is 5.52 Å². The molecule has 1 aromatic heterocycles. The van der Waals surface area contributed by atoms with Crippen LogP contribution in [0.1, 0.15) is 25.5 Å². The first kappa shape index (κ1) is 14.9. The Labute approximate surface area is 131 Å². The second-order valence-electron chi connectivity index (χ2n) is 5.88. The van der Waals surface area contributed by atoms with Gasteiger partial charge >= 0.3 is 0 Å². The molecule has 0 spiro atoms. The number of hydrogen-bond donors (Lipinski definition) is 1. The predicted molar refractivity (Wildman–Crippen MR) is 93.0 cm³/mol. The lowest BCUT2D eigenvalue weighted by Crippen LogP contribution is -2.38. The van der Waals surface area contributed by atoms with Gasteiger partial charge < -0.3 is 5.32 Å². The number of nitrogens with zero attached hydrogens (tertiary/aromatic N) is 1. The van der Waals surface area contributed by atoms with Crippen LogP contribution in [0.5, 0.6) is 0 Å². The van der Waals surface area contributed by atoms with E-state index in [9.17, 15) is 0 Å². The van der Waals surface area contributed by atoms with Crippen LogP contribution in [0.25, 0.3) is 10.9 Å². The first-order chi connectivity index (χ1) is 10.4. The summed E-state index contributed by atoms with van der Waals surface area (Å²) in [6.45, 7) is 3.35. The lowest BCUT2D eigenvalue weighted by Gasteiger charge is -2.24. The summed E-state index contributed by atoms with van der Waals surface area (Å²) in [7, 11) is 0. The van der Waals surface area contributed by atoms with Crippen LogP contribution in [-0.4, -0.2) is 29.1 Å². The van der Waals surface area contributed by atoms with E-state index in [1.165, 1.54) is 35.4 Å². The van der Waals surface area contributed by atoms with Gasteiger partial charge in [0.25, 0.3) is 0 Å². The fraction of sp³-hybridized carbons (Fsp3) is 0.500. The van der Waals surface area contributed by atoms with E-state index in [-0.39, 0.29) is 0 Å². The van der Waals surface area contributed by atoms with Gasteiger partial charge in [-0.05, 0) is 48.9 Å². The molecule has 2 heterocycles. The molecule has 2 aromatic rings. The van der Waals surface area contributed by atoms with Crippen LogP contribution in [0, 0.1) is 5.92 Å². The fourth-order valence-corrected chi connectivity index (χ4v) is 4.39. The number of nitrogens with one attached hydrogen (secondary N) is 1. The number of pyridine rings is 1.